The van der Waals surface area contributed by atoms with Gasteiger partial charge >= 0.3 is 0 Å². The van der Waals surface area contributed by atoms with E-state index in [0.717, 1.165) is 5.56 Å². The molecule has 0 radical (unpaired) electrons. The predicted octanol–water partition coefficient (Wildman–Crippen LogP) is 1.27. The number of benzene rings is 1. The maximum Gasteiger partial charge on any atom is 0.0900 e. The highest BCUT2D eigenvalue weighted by molar-refractivity contribution is 5.13. The molecule has 1 unspecified atom stereocenters. The topological polar surface area (TPSA) is 52.9 Å². The number of likely N-dealkylation sites (N-methyl/N-ethyl adjacent to an activating group) is 1. The lowest BCUT2D eigenvalue weighted by Crippen LogP contribution is -2.41. The van der Waals surface area contributed by atoms with E-state index in [0.29, 0.717) is 26.3 Å². The first-order valence-corrected chi connectivity index (χ1v) is 6.57. The fourth-order valence-corrected chi connectivity index (χ4v) is 2.02. The Hall–Kier alpha value is -0.940. The molecular weight excluding hydrogens is 242 g/mol. The molecule has 0 aromatic heterocycles. The van der Waals surface area contributed by atoms with Crippen LogP contribution in [0, 0.1) is 0 Å². The molecule has 1 rings (SSSR count). The van der Waals surface area contributed by atoms with Crippen LogP contribution in [0.5, 0.6) is 0 Å². The zero-order valence-electron chi connectivity index (χ0n) is 12.0. The fourth-order valence-electron chi connectivity index (χ4n) is 2.02. The Balaban J connectivity index is 2.19. The van der Waals surface area contributed by atoms with Crippen molar-refractivity contribution in [2.75, 3.05) is 26.7 Å². The summed E-state index contributed by atoms with van der Waals surface area (Å²) in [6.45, 7) is 5.31. The molecule has 2 N–H and O–H groups in total. The van der Waals surface area contributed by atoms with Gasteiger partial charge in [-0.25, -0.2) is 0 Å². The zero-order chi connectivity index (χ0) is 14.3. The van der Waals surface area contributed by atoms with Gasteiger partial charge in [0.05, 0.1) is 24.9 Å². The quantitative estimate of drug-likeness (QED) is 0.745. The second-order valence-corrected chi connectivity index (χ2v) is 5.66. The van der Waals surface area contributed by atoms with Crippen LogP contribution < -0.4 is 0 Å². The van der Waals surface area contributed by atoms with Gasteiger partial charge in [-0.05, 0) is 26.5 Å². The van der Waals surface area contributed by atoms with Crippen LogP contribution in [0.15, 0.2) is 30.3 Å². The van der Waals surface area contributed by atoms with E-state index in [1.54, 1.807) is 13.8 Å². The van der Waals surface area contributed by atoms with E-state index in [9.17, 15) is 10.2 Å². The Bertz CT molecular complexity index is 348. The molecule has 4 nitrogen and oxygen atoms in total. The molecule has 4 heteroatoms. The number of aliphatic hydroxyl groups is 2. The van der Waals surface area contributed by atoms with Crippen molar-refractivity contribution in [2.45, 2.75) is 32.2 Å². The molecule has 0 saturated heterocycles. The zero-order valence-corrected chi connectivity index (χ0v) is 12.0. The van der Waals surface area contributed by atoms with Crippen LogP contribution >= 0.6 is 0 Å². The Labute approximate surface area is 115 Å². The Morgan fingerprint density at radius 1 is 1.26 bits per heavy atom. The van der Waals surface area contributed by atoms with Crippen molar-refractivity contribution in [1.82, 2.24) is 4.90 Å². The third kappa shape index (κ3) is 7.95. The van der Waals surface area contributed by atoms with Gasteiger partial charge in [-0.15, -0.1) is 0 Å². The molecule has 1 atom stereocenters. The molecule has 108 valence electrons. The van der Waals surface area contributed by atoms with Gasteiger partial charge in [0.15, 0.2) is 0 Å². The number of rotatable bonds is 8. The van der Waals surface area contributed by atoms with Gasteiger partial charge in [0, 0.05) is 13.1 Å². The highest BCUT2D eigenvalue weighted by Gasteiger charge is 2.17. The van der Waals surface area contributed by atoms with E-state index in [4.69, 9.17) is 4.74 Å². The van der Waals surface area contributed by atoms with Crippen molar-refractivity contribution in [3.63, 3.8) is 0 Å². The molecular formula is C15H25NO3. The number of nitrogens with zero attached hydrogens (tertiary/aromatic N) is 1. The lowest BCUT2D eigenvalue weighted by atomic mass is 10.1. The summed E-state index contributed by atoms with van der Waals surface area (Å²) in [5.41, 5.74) is 0.346. The fraction of sp³-hybridized carbons (Fsp3) is 0.600. The number of hydrogen-bond donors (Lipinski definition) is 2. The van der Waals surface area contributed by atoms with E-state index in [2.05, 4.69) is 0 Å². The lowest BCUT2D eigenvalue weighted by Gasteiger charge is -2.27. The Morgan fingerprint density at radius 3 is 2.47 bits per heavy atom. The van der Waals surface area contributed by atoms with Crippen molar-refractivity contribution >= 4 is 0 Å². The van der Waals surface area contributed by atoms with Crippen molar-refractivity contribution in [1.29, 1.82) is 0 Å². The summed E-state index contributed by atoms with van der Waals surface area (Å²) in [5, 5.41) is 19.5. The van der Waals surface area contributed by atoms with Crippen molar-refractivity contribution < 1.29 is 14.9 Å². The highest BCUT2D eigenvalue weighted by Crippen LogP contribution is 2.05. The minimum absolute atomic E-state index is 0.297. The largest absolute Gasteiger partial charge is 0.389 e. The second-order valence-electron chi connectivity index (χ2n) is 5.66. The van der Waals surface area contributed by atoms with Crippen LogP contribution in [-0.4, -0.2) is 53.6 Å². The number of ether oxygens (including phenoxy) is 1. The van der Waals surface area contributed by atoms with E-state index < -0.39 is 11.7 Å². The van der Waals surface area contributed by atoms with Gasteiger partial charge in [-0.2, -0.15) is 0 Å². The van der Waals surface area contributed by atoms with Crippen LogP contribution in [0.1, 0.15) is 19.4 Å². The molecule has 19 heavy (non-hydrogen) atoms. The molecule has 0 spiro atoms. The standard InChI is InChI=1S/C15H25NO3/c1-15(2,18)12-16(3)9-14(17)11-19-10-13-7-5-4-6-8-13/h4-8,14,17-18H,9-12H2,1-3H3. The average molecular weight is 267 g/mol. The minimum Gasteiger partial charge on any atom is -0.389 e. The highest BCUT2D eigenvalue weighted by atomic mass is 16.5. The maximum absolute atomic E-state index is 9.85. The molecule has 0 aliphatic carbocycles. The molecule has 0 aliphatic rings. The van der Waals surface area contributed by atoms with E-state index in [-0.39, 0.29) is 0 Å². The van der Waals surface area contributed by atoms with Gasteiger partial charge in [0.25, 0.3) is 0 Å². The lowest BCUT2D eigenvalue weighted by molar-refractivity contribution is -0.00571. The van der Waals surface area contributed by atoms with Crippen LogP contribution in [0.4, 0.5) is 0 Å². The summed E-state index contributed by atoms with van der Waals surface area (Å²) in [6, 6.07) is 9.88. The Kier molecular flexibility index (Phi) is 6.45. The third-order valence-electron chi connectivity index (χ3n) is 2.60. The van der Waals surface area contributed by atoms with Crippen LogP contribution in [-0.2, 0) is 11.3 Å². The first kappa shape index (κ1) is 16.1. The molecule has 0 aliphatic heterocycles. The summed E-state index contributed by atoms with van der Waals surface area (Å²) >= 11 is 0. The summed E-state index contributed by atoms with van der Waals surface area (Å²) in [6.07, 6.45) is -0.545. The smallest absolute Gasteiger partial charge is 0.0900 e. The molecule has 0 bridgehead atoms. The SMILES string of the molecule is CN(CC(O)COCc1ccccc1)CC(C)(C)O. The Morgan fingerprint density at radius 2 is 1.89 bits per heavy atom. The summed E-state index contributed by atoms with van der Waals surface area (Å²) in [5.74, 6) is 0. The summed E-state index contributed by atoms with van der Waals surface area (Å²) in [7, 11) is 1.87. The van der Waals surface area contributed by atoms with E-state index in [1.807, 2.05) is 42.3 Å². The molecule has 0 fully saturated rings. The monoisotopic (exact) mass is 267 g/mol. The summed E-state index contributed by atoms with van der Waals surface area (Å²) in [4.78, 5) is 1.90. The van der Waals surface area contributed by atoms with Gasteiger partial charge in [0.2, 0.25) is 0 Å². The average Bonchev–Trinajstić information content (AvgIpc) is 2.27. The van der Waals surface area contributed by atoms with E-state index >= 15 is 0 Å². The van der Waals surface area contributed by atoms with Crippen LogP contribution in [0.2, 0.25) is 0 Å². The first-order valence-electron chi connectivity index (χ1n) is 6.57. The number of hydrogen-bond acceptors (Lipinski definition) is 4. The van der Waals surface area contributed by atoms with Crippen LogP contribution in [0.3, 0.4) is 0 Å². The molecule has 1 aromatic carbocycles. The normalized spacial score (nSPS) is 13.8. The first-order chi connectivity index (χ1) is 8.87. The molecule has 0 heterocycles. The van der Waals surface area contributed by atoms with E-state index in [1.165, 1.54) is 0 Å². The van der Waals surface area contributed by atoms with Gasteiger partial charge in [-0.3, -0.25) is 0 Å². The predicted molar refractivity (Wildman–Crippen MR) is 75.9 cm³/mol. The van der Waals surface area contributed by atoms with Crippen molar-refractivity contribution in [3.05, 3.63) is 35.9 Å². The van der Waals surface area contributed by atoms with Gasteiger partial charge < -0.3 is 19.8 Å². The van der Waals surface area contributed by atoms with Crippen molar-refractivity contribution in [2.24, 2.45) is 0 Å². The number of aliphatic hydroxyl groups excluding tert-OH is 1. The molecule has 0 amide bonds. The second kappa shape index (κ2) is 7.60. The van der Waals surface area contributed by atoms with Crippen LogP contribution in [0.25, 0.3) is 0 Å². The maximum atomic E-state index is 9.85. The van der Waals surface area contributed by atoms with Gasteiger partial charge in [-0.1, -0.05) is 30.3 Å². The molecule has 0 saturated carbocycles. The minimum atomic E-state index is -0.751. The van der Waals surface area contributed by atoms with Crippen molar-refractivity contribution in [3.8, 4) is 0 Å². The third-order valence-corrected chi connectivity index (χ3v) is 2.60. The summed E-state index contributed by atoms with van der Waals surface area (Å²) < 4.78 is 5.47. The molecule has 1 aromatic rings. The van der Waals surface area contributed by atoms with Gasteiger partial charge in [0.1, 0.15) is 0 Å².